The summed E-state index contributed by atoms with van der Waals surface area (Å²) in [7, 11) is 0. The molecule has 1 heterocycles. The van der Waals surface area contributed by atoms with Gasteiger partial charge >= 0.3 is 0 Å². The van der Waals surface area contributed by atoms with Crippen molar-refractivity contribution in [1.82, 2.24) is 15.1 Å². The van der Waals surface area contributed by atoms with Gasteiger partial charge in [-0.2, -0.15) is 5.10 Å². The second-order valence-corrected chi connectivity index (χ2v) is 6.36. The van der Waals surface area contributed by atoms with Gasteiger partial charge in [0.1, 0.15) is 0 Å². The fraction of sp³-hybridized carbons (Fsp3) is 0.0952. The van der Waals surface area contributed by atoms with Gasteiger partial charge in [0.15, 0.2) is 0 Å². The number of hydrogen-bond acceptors (Lipinski definition) is 3. The minimum Gasteiger partial charge on any atom is -0.341 e. The summed E-state index contributed by atoms with van der Waals surface area (Å²) < 4.78 is 1.63. The number of halogens is 1. The van der Waals surface area contributed by atoms with Crippen LogP contribution < -0.4 is 10.6 Å². The predicted octanol–water partition coefficient (Wildman–Crippen LogP) is 3.45. The first-order valence-corrected chi connectivity index (χ1v) is 8.81. The molecule has 28 heavy (non-hydrogen) atoms. The number of rotatable bonds is 5. The lowest BCUT2D eigenvalue weighted by Crippen LogP contribution is -2.25. The zero-order valence-corrected chi connectivity index (χ0v) is 15.8. The second kappa shape index (κ2) is 8.42. The Bertz CT molecular complexity index is 1080. The van der Waals surface area contributed by atoms with Crippen molar-refractivity contribution in [1.29, 1.82) is 0 Å². The lowest BCUT2D eigenvalue weighted by atomic mass is 10.1. The topological polar surface area (TPSA) is 76.0 Å². The van der Waals surface area contributed by atoms with Crippen molar-refractivity contribution in [3.05, 3.63) is 76.6 Å². The average molecular weight is 393 g/mol. The molecule has 3 rings (SSSR count). The Morgan fingerprint density at radius 2 is 1.93 bits per heavy atom. The van der Waals surface area contributed by atoms with Gasteiger partial charge in [0.05, 0.1) is 40.9 Å². The average Bonchev–Trinajstić information content (AvgIpc) is 3.08. The molecule has 0 unspecified atom stereocenters. The van der Waals surface area contributed by atoms with Crippen LogP contribution in [0.3, 0.4) is 0 Å². The summed E-state index contributed by atoms with van der Waals surface area (Å²) in [6, 6.07) is 13.9. The summed E-state index contributed by atoms with van der Waals surface area (Å²) in [6.45, 7) is 1.89. The monoisotopic (exact) mass is 392 g/mol. The Hall–Kier alpha value is -3.56. The third kappa shape index (κ3) is 4.05. The van der Waals surface area contributed by atoms with Crippen LogP contribution in [0.2, 0.25) is 5.02 Å². The highest BCUT2D eigenvalue weighted by Crippen LogP contribution is 2.20. The van der Waals surface area contributed by atoms with Gasteiger partial charge in [-0.25, -0.2) is 4.68 Å². The molecule has 140 valence electrons. The van der Waals surface area contributed by atoms with Crippen LogP contribution in [0.1, 0.15) is 26.4 Å². The maximum absolute atomic E-state index is 12.8. The van der Waals surface area contributed by atoms with E-state index in [1.807, 2.05) is 12.1 Å². The van der Waals surface area contributed by atoms with Crippen molar-refractivity contribution >= 4 is 29.1 Å². The highest BCUT2D eigenvalue weighted by Gasteiger charge is 2.18. The van der Waals surface area contributed by atoms with Crippen LogP contribution in [-0.2, 0) is 0 Å². The van der Waals surface area contributed by atoms with E-state index in [2.05, 4.69) is 21.7 Å². The number of para-hydroxylation sites is 1. The summed E-state index contributed by atoms with van der Waals surface area (Å²) in [6.07, 6.45) is 6.65. The van der Waals surface area contributed by atoms with E-state index in [4.69, 9.17) is 18.0 Å². The van der Waals surface area contributed by atoms with Crippen LogP contribution in [0, 0.1) is 19.3 Å². The third-order valence-electron chi connectivity index (χ3n) is 4.08. The van der Waals surface area contributed by atoms with Crippen molar-refractivity contribution in [2.75, 3.05) is 11.9 Å². The molecule has 7 heteroatoms. The van der Waals surface area contributed by atoms with E-state index in [1.54, 1.807) is 48.0 Å². The minimum atomic E-state index is -0.372. The van der Waals surface area contributed by atoms with Crippen LogP contribution in [0.4, 0.5) is 5.69 Å². The highest BCUT2D eigenvalue weighted by molar-refractivity contribution is 6.30. The number of carbonyl (C=O) groups excluding carboxylic acids is 2. The first-order valence-electron chi connectivity index (χ1n) is 8.44. The van der Waals surface area contributed by atoms with E-state index in [0.717, 1.165) is 5.69 Å². The molecule has 0 aliphatic carbocycles. The normalized spacial score (nSPS) is 10.2. The lowest BCUT2D eigenvalue weighted by Gasteiger charge is -2.11. The van der Waals surface area contributed by atoms with Crippen molar-refractivity contribution in [3.63, 3.8) is 0 Å². The molecule has 2 amide bonds. The molecule has 0 fully saturated rings. The molecule has 0 aliphatic rings. The number of nitrogens with one attached hydrogen (secondary N) is 2. The zero-order chi connectivity index (χ0) is 20.1. The molecule has 0 bridgehead atoms. The van der Waals surface area contributed by atoms with Gasteiger partial charge < -0.3 is 10.6 Å². The van der Waals surface area contributed by atoms with Gasteiger partial charge in [0, 0.05) is 5.02 Å². The molecule has 0 radical (unpaired) electrons. The molecule has 1 aromatic heterocycles. The van der Waals surface area contributed by atoms with Crippen molar-refractivity contribution in [2.45, 2.75) is 6.92 Å². The van der Waals surface area contributed by atoms with Gasteiger partial charge in [-0.15, -0.1) is 6.42 Å². The number of anilines is 1. The molecule has 0 saturated carbocycles. The molecule has 2 aromatic carbocycles. The van der Waals surface area contributed by atoms with Crippen LogP contribution in [0.15, 0.2) is 54.7 Å². The summed E-state index contributed by atoms with van der Waals surface area (Å²) in [5, 5.41) is 10.2. The Morgan fingerprint density at radius 1 is 1.14 bits per heavy atom. The summed E-state index contributed by atoms with van der Waals surface area (Å²) in [5.74, 6) is 1.61. The molecular formula is C21H17ClN4O2. The fourth-order valence-electron chi connectivity index (χ4n) is 2.71. The van der Waals surface area contributed by atoms with Crippen LogP contribution in [0.5, 0.6) is 0 Å². The van der Waals surface area contributed by atoms with Gasteiger partial charge in [-0.3, -0.25) is 9.59 Å². The summed E-state index contributed by atoms with van der Waals surface area (Å²) in [5.41, 5.74) is 2.49. The number of nitrogens with zero attached hydrogens (tertiary/aromatic N) is 2. The quantitative estimate of drug-likeness (QED) is 0.653. The molecule has 0 spiro atoms. The summed E-state index contributed by atoms with van der Waals surface area (Å²) in [4.78, 5) is 25.0. The standard InChI is InChI=1S/C21H17ClN4O2/c1-3-11-23-20(27)17-9-4-5-10-19(17)25-21(28)18-13-24-26(14(18)2)16-8-6-7-15(22)12-16/h1,4-10,12-13H,11H2,2H3,(H,23,27)(H,25,28). The molecule has 0 aliphatic heterocycles. The summed E-state index contributed by atoms with van der Waals surface area (Å²) >= 11 is 6.04. The maximum Gasteiger partial charge on any atom is 0.259 e. The smallest absolute Gasteiger partial charge is 0.259 e. The van der Waals surface area contributed by atoms with Gasteiger partial charge in [-0.1, -0.05) is 35.7 Å². The van der Waals surface area contributed by atoms with E-state index >= 15 is 0 Å². The fourth-order valence-corrected chi connectivity index (χ4v) is 2.89. The Labute approximate surface area is 167 Å². The Balaban J connectivity index is 1.85. The largest absolute Gasteiger partial charge is 0.341 e. The molecule has 2 N–H and O–H groups in total. The van der Waals surface area contributed by atoms with Crippen molar-refractivity contribution < 1.29 is 9.59 Å². The minimum absolute atomic E-state index is 0.104. The van der Waals surface area contributed by atoms with Crippen molar-refractivity contribution in [2.24, 2.45) is 0 Å². The molecule has 3 aromatic rings. The molecule has 0 saturated heterocycles. The first kappa shape index (κ1) is 19.2. The molecular weight excluding hydrogens is 376 g/mol. The Morgan fingerprint density at radius 3 is 2.68 bits per heavy atom. The zero-order valence-electron chi connectivity index (χ0n) is 15.1. The SMILES string of the molecule is C#CCNC(=O)c1ccccc1NC(=O)c1cnn(-c2cccc(Cl)c2)c1C. The van der Waals surface area contributed by atoms with E-state index in [-0.39, 0.29) is 18.4 Å². The lowest BCUT2D eigenvalue weighted by molar-refractivity contribution is 0.0959. The first-order chi connectivity index (χ1) is 13.5. The maximum atomic E-state index is 12.8. The molecule has 0 atom stereocenters. The Kier molecular flexibility index (Phi) is 5.78. The number of terminal acetylenes is 1. The number of carbonyl (C=O) groups is 2. The van der Waals surface area contributed by atoms with E-state index < -0.39 is 0 Å². The van der Waals surface area contributed by atoms with Gasteiger partial charge in [-0.05, 0) is 37.3 Å². The number of amides is 2. The van der Waals surface area contributed by atoms with E-state index in [0.29, 0.717) is 27.5 Å². The number of aromatic nitrogens is 2. The predicted molar refractivity (Wildman–Crippen MR) is 109 cm³/mol. The van der Waals surface area contributed by atoms with Crippen LogP contribution in [-0.4, -0.2) is 28.1 Å². The van der Waals surface area contributed by atoms with E-state index in [1.165, 1.54) is 6.20 Å². The van der Waals surface area contributed by atoms with E-state index in [9.17, 15) is 9.59 Å². The number of hydrogen-bond donors (Lipinski definition) is 2. The van der Waals surface area contributed by atoms with Crippen LogP contribution in [0.25, 0.3) is 5.69 Å². The molecule has 6 nitrogen and oxygen atoms in total. The van der Waals surface area contributed by atoms with Crippen molar-refractivity contribution in [3.8, 4) is 18.0 Å². The van der Waals surface area contributed by atoms with Gasteiger partial charge in [0.2, 0.25) is 0 Å². The second-order valence-electron chi connectivity index (χ2n) is 5.92. The highest BCUT2D eigenvalue weighted by atomic mass is 35.5. The third-order valence-corrected chi connectivity index (χ3v) is 4.31. The van der Waals surface area contributed by atoms with Gasteiger partial charge in [0.25, 0.3) is 11.8 Å². The van der Waals surface area contributed by atoms with Crippen LogP contribution >= 0.6 is 11.6 Å². The number of benzene rings is 2.